The predicted molar refractivity (Wildman–Crippen MR) is 94.9 cm³/mol. The Hall–Kier alpha value is -0.830. The van der Waals surface area contributed by atoms with Gasteiger partial charge in [0.1, 0.15) is 0 Å². The average Bonchev–Trinajstić information content (AvgIpc) is 2.50. The lowest BCUT2D eigenvalue weighted by Crippen LogP contribution is -2.21. The molecule has 0 aliphatic carbocycles. The summed E-state index contributed by atoms with van der Waals surface area (Å²) in [7, 11) is 0. The van der Waals surface area contributed by atoms with Crippen LogP contribution in [0.5, 0.6) is 0 Å². The van der Waals surface area contributed by atoms with Gasteiger partial charge in [0.15, 0.2) is 0 Å². The second kappa shape index (κ2) is 8.57. The third-order valence-corrected chi connectivity index (χ3v) is 4.54. The van der Waals surface area contributed by atoms with Crippen molar-refractivity contribution in [2.24, 2.45) is 0 Å². The zero-order valence-electron chi connectivity index (χ0n) is 12.3. The van der Waals surface area contributed by atoms with Crippen molar-refractivity contribution < 1.29 is 0 Å². The van der Waals surface area contributed by atoms with Gasteiger partial charge < -0.3 is 5.32 Å². The van der Waals surface area contributed by atoms with E-state index in [1.807, 2.05) is 12.1 Å². The molecule has 1 N–H and O–H groups in total. The fraction of sp³-hybridized carbons (Fsp3) is 0.333. The van der Waals surface area contributed by atoms with E-state index in [1.54, 1.807) is 0 Å². The molecule has 112 valence electrons. The minimum atomic E-state index is 0.340. The van der Waals surface area contributed by atoms with Crippen LogP contribution in [-0.4, -0.2) is 6.54 Å². The zero-order chi connectivity index (χ0) is 15.1. The van der Waals surface area contributed by atoms with Crippen molar-refractivity contribution in [3.63, 3.8) is 0 Å². The summed E-state index contributed by atoms with van der Waals surface area (Å²) in [5.41, 5.74) is 2.65. The molecule has 1 unspecified atom stereocenters. The van der Waals surface area contributed by atoms with Gasteiger partial charge >= 0.3 is 0 Å². The largest absolute Gasteiger partial charge is 0.310 e. The van der Waals surface area contributed by atoms with Crippen LogP contribution in [0.3, 0.4) is 0 Å². The van der Waals surface area contributed by atoms with Crippen LogP contribution in [-0.2, 0) is 6.42 Å². The first kappa shape index (κ1) is 16.5. The smallest absolute Gasteiger partial charge is 0.0410 e. The highest BCUT2D eigenvalue weighted by Crippen LogP contribution is 2.29. The number of aryl methyl sites for hydroxylation is 1. The number of benzene rings is 2. The van der Waals surface area contributed by atoms with Crippen molar-refractivity contribution in [1.29, 1.82) is 0 Å². The molecule has 0 aliphatic rings. The lowest BCUT2D eigenvalue weighted by molar-refractivity contribution is 0.496. The van der Waals surface area contributed by atoms with Crippen LogP contribution in [0.25, 0.3) is 0 Å². The van der Waals surface area contributed by atoms with Crippen molar-refractivity contribution in [1.82, 2.24) is 5.32 Å². The van der Waals surface area contributed by atoms with Crippen molar-refractivity contribution in [3.8, 4) is 0 Å². The molecule has 0 aromatic heterocycles. The highest BCUT2D eigenvalue weighted by Gasteiger charge is 2.13. The van der Waals surface area contributed by atoms with Gasteiger partial charge in [-0.15, -0.1) is 0 Å². The van der Waals surface area contributed by atoms with Crippen molar-refractivity contribution in [2.45, 2.75) is 32.2 Å². The SMILES string of the molecule is CCNC(CCCc1ccccc1)c1cc(Cl)ccc1Br. The van der Waals surface area contributed by atoms with E-state index in [4.69, 9.17) is 11.6 Å². The maximum absolute atomic E-state index is 6.14. The second-order valence-electron chi connectivity index (χ2n) is 5.15. The van der Waals surface area contributed by atoms with E-state index in [-0.39, 0.29) is 0 Å². The van der Waals surface area contributed by atoms with E-state index in [1.165, 1.54) is 11.1 Å². The minimum absolute atomic E-state index is 0.340. The molecule has 0 saturated heterocycles. The summed E-state index contributed by atoms with van der Waals surface area (Å²) < 4.78 is 1.12. The fourth-order valence-corrected chi connectivity index (χ4v) is 3.25. The van der Waals surface area contributed by atoms with Crippen LogP contribution in [0.2, 0.25) is 5.02 Å². The van der Waals surface area contributed by atoms with Crippen LogP contribution in [0, 0.1) is 0 Å². The van der Waals surface area contributed by atoms with E-state index in [0.29, 0.717) is 6.04 Å². The molecule has 0 saturated carbocycles. The van der Waals surface area contributed by atoms with Gasteiger partial charge in [-0.25, -0.2) is 0 Å². The third kappa shape index (κ3) is 5.14. The predicted octanol–water partition coefficient (Wildman–Crippen LogP) is 5.78. The van der Waals surface area contributed by atoms with Gasteiger partial charge in [0, 0.05) is 15.5 Å². The Morgan fingerprint density at radius 3 is 2.62 bits per heavy atom. The van der Waals surface area contributed by atoms with Gasteiger partial charge in [-0.1, -0.05) is 64.8 Å². The molecular weight excluding hydrogens is 346 g/mol. The Kier molecular flexibility index (Phi) is 6.75. The number of halogens is 2. The summed E-state index contributed by atoms with van der Waals surface area (Å²) in [5, 5.41) is 4.36. The van der Waals surface area contributed by atoms with Crippen molar-refractivity contribution >= 4 is 27.5 Å². The van der Waals surface area contributed by atoms with E-state index < -0.39 is 0 Å². The standard InChI is InChI=1S/C18H21BrClN/c1-2-21-18(16-13-15(20)11-12-17(16)19)10-6-9-14-7-4-3-5-8-14/h3-5,7-8,11-13,18,21H,2,6,9-10H2,1H3. The van der Waals surface area contributed by atoms with Gasteiger partial charge in [0.25, 0.3) is 0 Å². The molecule has 0 amide bonds. The molecule has 0 heterocycles. The minimum Gasteiger partial charge on any atom is -0.310 e. The molecule has 1 nitrogen and oxygen atoms in total. The van der Waals surface area contributed by atoms with E-state index in [2.05, 4.69) is 64.6 Å². The fourth-order valence-electron chi connectivity index (χ4n) is 2.55. The first-order chi connectivity index (χ1) is 10.2. The molecule has 0 aliphatic heterocycles. The highest BCUT2D eigenvalue weighted by atomic mass is 79.9. The first-order valence-corrected chi connectivity index (χ1v) is 8.60. The Morgan fingerprint density at radius 2 is 1.90 bits per heavy atom. The molecule has 2 aromatic carbocycles. The summed E-state index contributed by atoms with van der Waals surface area (Å²) >= 11 is 9.78. The summed E-state index contributed by atoms with van der Waals surface area (Å²) in [6.45, 7) is 3.09. The average molecular weight is 367 g/mol. The van der Waals surface area contributed by atoms with E-state index >= 15 is 0 Å². The molecule has 0 bridgehead atoms. The first-order valence-electron chi connectivity index (χ1n) is 7.43. The molecule has 21 heavy (non-hydrogen) atoms. The van der Waals surface area contributed by atoms with Crippen LogP contribution >= 0.6 is 27.5 Å². The van der Waals surface area contributed by atoms with Gasteiger partial charge in [-0.2, -0.15) is 0 Å². The van der Waals surface area contributed by atoms with Gasteiger partial charge in [-0.05, 0) is 55.1 Å². The van der Waals surface area contributed by atoms with Crippen LogP contribution in [0.4, 0.5) is 0 Å². The molecule has 2 rings (SSSR count). The monoisotopic (exact) mass is 365 g/mol. The van der Waals surface area contributed by atoms with Gasteiger partial charge in [0.05, 0.1) is 0 Å². The summed E-state index contributed by atoms with van der Waals surface area (Å²) in [6.07, 6.45) is 3.36. The number of hydrogen-bond donors (Lipinski definition) is 1. The summed E-state index contributed by atoms with van der Waals surface area (Å²) in [5.74, 6) is 0. The van der Waals surface area contributed by atoms with Crippen molar-refractivity contribution in [2.75, 3.05) is 6.54 Å². The summed E-state index contributed by atoms with van der Waals surface area (Å²) in [6, 6.07) is 17.0. The van der Waals surface area contributed by atoms with E-state index in [9.17, 15) is 0 Å². The maximum atomic E-state index is 6.14. The summed E-state index contributed by atoms with van der Waals surface area (Å²) in [4.78, 5) is 0. The maximum Gasteiger partial charge on any atom is 0.0410 e. The molecule has 3 heteroatoms. The second-order valence-corrected chi connectivity index (χ2v) is 6.44. The topological polar surface area (TPSA) is 12.0 Å². The molecule has 0 radical (unpaired) electrons. The van der Waals surface area contributed by atoms with Crippen molar-refractivity contribution in [3.05, 3.63) is 69.2 Å². The molecule has 2 aromatic rings. The Labute approximate surface area is 140 Å². The Bertz CT molecular complexity index is 556. The number of hydrogen-bond acceptors (Lipinski definition) is 1. The zero-order valence-corrected chi connectivity index (χ0v) is 14.6. The Morgan fingerprint density at radius 1 is 1.14 bits per heavy atom. The van der Waals surface area contributed by atoms with Crippen LogP contribution in [0.15, 0.2) is 53.0 Å². The number of nitrogens with one attached hydrogen (secondary N) is 1. The molecular formula is C18H21BrClN. The van der Waals surface area contributed by atoms with Crippen LogP contribution in [0.1, 0.15) is 36.9 Å². The quantitative estimate of drug-likeness (QED) is 0.655. The van der Waals surface area contributed by atoms with Crippen LogP contribution < -0.4 is 5.32 Å². The Balaban J connectivity index is 2.00. The number of rotatable bonds is 7. The molecule has 1 atom stereocenters. The third-order valence-electron chi connectivity index (χ3n) is 3.59. The van der Waals surface area contributed by atoms with Gasteiger partial charge in [0.2, 0.25) is 0 Å². The van der Waals surface area contributed by atoms with Gasteiger partial charge in [-0.3, -0.25) is 0 Å². The lowest BCUT2D eigenvalue weighted by atomic mass is 9.99. The normalized spacial score (nSPS) is 12.3. The van der Waals surface area contributed by atoms with E-state index in [0.717, 1.165) is 35.3 Å². The molecule has 0 fully saturated rings. The highest BCUT2D eigenvalue weighted by molar-refractivity contribution is 9.10. The molecule has 0 spiro atoms. The lowest BCUT2D eigenvalue weighted by Gasteiger charge is -2.20.